The van der Waals surface area contributed by atoms with Crippen LogP contribution < -0.4 is 16.0 Å². The molecule has 2 aromatic carbocycles. The molecule has 1 aromatic heterocycles. The number of hydrogen-bond donors (Lipinski definition) is 1. The van der Waals surface area contributed by atoms with Crippen molar-refractivity contribution >= 4 is 17.2 Å². The molecule has 0 saturated heterocycles. The normalized spacial score (nSPS) is 11.6. The van der Waals surface area contributed by atoms with Gasteiger partial charge in [0.15, 0.2) is 23.2 Å². The Morgan fingerprint density at radius 2 is 1.89 bits per heavy atom. The van der Waals surface area contributed by atoms with Gasteiger partial charge in [-0.05, 0) is 35.9 Å². The van der Waals surface area contributed by atoms with Crippen LogP contribution in [0.1, 0.15) is 22.3 Å². The van der Waals surface area contributed by atoms with Gasteiger partial charge in [0.25, 0.3) is 11.2 Å². The van der Waals surface area contributed by atoms with Crippen LogP contribution in [0.2, 0.25) is 0 Å². The van der Waals surface area contributed by atoms with Crippen molar-refractivity contribution in [2.24, 2.45) is 5.92 Å². The summed E-state index contributed by atoms with van der Waals surface area (Å²) in [7, 11) is 0. The van der Waals surface area contributed by atoms with Gasteiger partial charge in [0.2, 0.25) is 0 Å². The summed E-state index contributed by atoms with van der Waals surface area (Å²) in [5.41, 5.74) is 4.46. The number of hydrogen-bond acceptors (Lipinski definition) is 6. The van der Waals surface area contributed by atoms with Gasteiger partial charge in [-0.1, -0.05) is 6.08 Å². The average molecular weight is 487 g/mol. The van der Waals surface area contributed by atoms with Crippen LogP contribution in [0.15, 0.2) is 66.1 Å². The maximum Gasteiger partial charge on any atom is 0.292 e. The van der Waals surface area contributed by atoms with E-state index in [4.69, 9.17) is 10.5 Å². The molecular weight excluding hydrogens is 467 g/mol. The molecule has 0 aliphatic carbocycles. The van der Waals surface area contributed by atoms with E-state index in [0.29, 0.717) is 0 Å². The average Bonchev–Trinajstić information content (AvgIpc) is 2.81. The summed E-state index contributed by atoms with van der Waals surface area (Å²) in [6.07, 6.45) is 2.68. The molecule has 0 aliphatic heterocycles. The predicted molar refractivity (Wildman–Crippen MR) is 122 cm³/mol. The number of ether oxygens (including phenoxy) is 1. The Bertz CT molecular complexity index is 1330. The van der Waals surface area contributed by atoms with Gasteiger partial charge in [-0.2, -0.15) is 0 Å². The lowest BCUT2D eigenvalue weighted by atomic mass is 9.99. The van der Waals surface area contributed by atoms with Crippen LogP contribution in [0.4, 0.5) is 24.5 Å². The lowest BCUT2D eigenvalue weighted by Crippen LogP contribution is -2.27. The lowest BCUT2D eigenvalue weighted by Gasteiger charge is -2.14. The molecule has 0 bridgehead atoms. The first-order valence-corrected chi connectivity index (χ1v) is 10.3. The molecule has 11 heteroatoms. The van der Waals surface area contributed by atoms with Gasteiger partial charge in [-0.3, -0.25) is 19.7 Å². The number of carbonyl (C=O) groups is 1. The van der Waals surface area contributed by atoms with E-state index in [1.165, 1.54) is 42.6 Å². The number of nitro benzene ring substituents is 1. The first kappa shape index (κ1) is 25.2. The summed E-state index contributed by atoms with van der Waals surface area (Å²) >= 11 is 0. The number of carbonyl (C=O) groups excluding carboxylic acids is 1. The van der Waals surface area contributed by atoms with Crippen LogP contribution in [-0.4, -0.2) is 21.9 Å². The Hall–Kier alpha value is -4.41. The molecular formula is C24H20F3N3O5. The Balaban J connectivity index is 1.70. The van der Waals surface area contributed by atoms with Gasteiger partial charge in [-0.15, -0.1) is 6.58 Å². The molecule has 35 heavy (non-hydrogen) atoms. The number of aromatic nitrogens is 1. The van der Waals surface area contributed by atoms with Crippen LogP contribution in [0.5, 0.6) is 5.75 Å². The largest absolute Gasteiger partial charge is 0.493 e. The quantitative estimate of drug-likeness (QED) is 0.114. The molecule has 0 saturated carbocycles. The summed E-state index contributed by atoms with van der Waals surface area (Å²) in [6.45, 7) is 3.38. The molecule has 2 N–H and O–H groups in total. The van der Waals surface area contributed by atoms with E-state index in [1.807, 2.05) is 0 Å². The van der Waals surface area contributed by atoms with Gasteiger partial charge < -0.3 is 15.0 Å². The number of Topliss-reactive ketones (excluding diaryl/α,β-unsaturated/α-hetero) is 1. The maximum atomic E-state index is 13.5. The highest BCUT2D eigenvalue weighted by Crippen LogP contribution is 2.26. The molecule has 0 aliphatic rings. The summed E-state index contributed by atoms with van der Waals surface area (Å²) in [5.74, 6) is -5.15. The van der Waals surface area contributed by atoms with Crippen molar-refractivity contribution in [3.05, 3.63) is 110 Å². The van der Waals surface area contributed by atoms with Gasteiger partial charge in [0.1, 0.15) is 11.4 Å². The van der Waals surface area contributed by atoms with Gasteiger partial charge in [0, 0.05) is 30.7 Å². The van der Waals surface area contributed by atoms with E-state index in [0.717, 1.165) is 16.7 Å². The van der Waals surface area contributed by atoms with Gasteiger partial charge in [-0.25, -0.2) is 13.2 Å². The molecule has 1 atom stereocenters. The van der Waals surface area contributed by atoms with Crippen LogP contribution in [0.3, 0.4) is 0 Å². The zero-order valence-corrected chi connectivity index (χ0v) is 18.2. The standard InChI is InChI=1S/C24H20F3N3O5/c1-2-14(13-35-16-5-6-21(30(33)34)20(28)11-16)10-22(31)17-4-3-7-29(24(17)32)12-15-8-18(25)23(27)19(26)9-15/h2-9,11,14H,1,10,12-13,28H2/t14-/m0/s1. The maximum absolute atomic E-state index is 13.5. The minimum Gasteiger partial charge on any atom is -0.493 e. The fourth-order valence-electron chi connectivity index (χ4n) is 3.32. The lowest BCUT2D eigenvalue weighted by molar-refractivity contribution is -0.383. The molecule has 0 fully saturated rings. The Labute approximate surface area is 197 Å². The smallest absolute Gasteiger partial charge is 0.292 e. The Kier molecular flexibility index (Phi) is 7.69. The van der Waals surface area contributed by atoms with Gasteiger partial charge >= 0.3 is 0 Å². The minimum atomic E-state index is -1.61. The van der Waals surface area contributed by atoms with E-state index >= 15 is 0 Å². The first-order valence-electron chi connectivity index (χ1n) is 10.3. The number of pyridine rings is 1. The molecule has 8 nitrogen and oxygen atoms in total. The van der Waals surface area contributed by atoms with E-state index in [-0.39, 0.29) is 47.8 Å². The number of nitrogen functional groups attached to an aromatic ring is 1. The number of anilines is 1. The van der Waals surface area contributed by atoms with Crippen molar-refractivity contribution in [3.63, 3.8) is 0 Å². The molecule has 0 radical (unpaired) electrons. The number of halogens is 3. The SMILES string of the molecule is C=C[C@H](COc1ccc([N+](=O)[O-])c(N)c1)CC(=O)c1cccn(Cc2cc(F)c(F)c(F)c2)c1=O. The second-order valence-corrected chi connectivity index (χ2v) is 7.64. The van der Waals surface area contributed by atoms with Crippen LogP contribution in [0, 0.1) is 33.5 Å². The number of rotatable bonds is 10. The number of nitro groups is 1. The predicted octanol–water partition coefficient (Wildman–Crippen LogP) is 4.26. The molecule has 1 heterocycles. The molecule has 0 spiro atoms. The van der Waals surface area contributed by atoms with E-state index in [2.05, 4.69) is 6.58 Å². The van der Waals surface area contributed by atoms with Crippen molar-refractivity contribution < 1.29 is 27.6 Å². The summed E-state index contributed by atoms with van der Waals surface area (Å²) in [5, 5.41) is 10.9. The zero-order valence-electron chi connectivity index (χ0n) is 18.2. The van der Waals surface area contributed by atoms with E-state index in [1.54, 1.807) is 0 Å². The molecule has 3 rings (SSSR count). The highest BCUT2D eigenvalue weighted by atomic mass is 19.2. The van der Waals surface area contributed by atoms with Crippen molar-refractivity contribution in [1.29, 1.82) is 0 Å². The summed E-state index contributed by atoms with van der Waals surface area (Å²) in [4.78, 5) is 35.8. The van der Waals surface area contributed by atoms with Crippen LogP contribution in [0.25, 0.3) is 0 Å². The van der Waals surface area contributed by atoms with E-state index in [9.17, 15) is 32.9 Å². The third-order valence-corrected chi connectivity index (χ3v) is 5.16. The van der Waals surface area contributed by atoms with Crippen LogP contribution in [-0.2, 0) is 6.54 Å². The van der Waals surface area contributed by atoms with E-state index < -0.39 is 39.6 Å². The number of ketones is 1. The van der Waals surface area contributed by atoms with Gasteiger partial charge in [0.05, 0.1) is 23.6 Å². The molecule has 3 aromatic rings. The molecule has 182 valence electrons. The molecule has 0 unspecified atom stereocenters. The number of nitrogens with two attached hydrogens (primary N) is 1. The van der Waals surface area contributed by atoms with Crippen molar-refractivity contribution in [3.8, 4) is 5.75 Å². The second kappa shape index (κ2) is 10.7. The topological polar surface area (TPSA) is 117 Å². The Morgan fingerprint density at radius 1 is 1.20 bits per heavy atom. The number of benzene rings is 2. The summed E-state index contributed by atoms with van der Waals surface area (Å²) in [6, 6.07) is 8.16. The monoisotopic (exact) mass is 487 g/mol. The fraction of sp³-hybridized carbons (Fsp3) is 0.167. The second-order valence-electron chi connectivity index (χ2n) is 7.64. The highest BCUT2D eigenvalue weighted by Gasteiger charge is 2.19. The number of nitrogens with zero attached hydrogens (tertiary/aromatic N) is 2. The van der Waals surface area contributed by atoms with Crippen molar-refractivity contribution in [2.45, 2.75) is 13.0 Å². The van der Waals surface area contributed by atoms with Crippen molar-refractivity contribution in [2.75, 3.05) is 12.3 Å². The first-order chi connectivity index (χ1) is 16.6. The minimum absolute atomic E-state index is 0.00726. The summed E-state index contributed by atoms with van der Waals surface area (Å²) < 4.78 is 46.8. The Morgan fingerprint density at radius 3 is 2.49 bits per heavy atom. The zero-order chi connectivity index (χ0) is 25.7. The third kappa shape index (κ3) is 5.94. The van der Waals surface area contributed by atoms with Crippen molar-refractivity contribution in [1.82, 2.24) is 4.57 Å². The third-order valence-electron chi connectivity index (χ3n) is 5.16. The fourth-order valence-corrected chi connectivity index (χ4v) is 3.32. The highest BCUT2D eigenvalue weighted by molar-refractivity contribution is 5.95. The van der Waals surface area contributed by atoms with Crippen LogP contribution >= 0.6 is 0 Å². The molecule has 0 amide bonds.